The monoisotopic (exact) mass is 329 g/mol. The van der Waals surface area contributed by atoms with Crippen molar-refractivity contribution >= 4 is 11.9 Å². The highest BCUT2D eigenvalue weighted by atomic mass is 16.6. The predicted octanol–water partition coefficient (Wildman–Crippen LogP) is -0.387. The van der Waals surface area contributed by atoms with E-state index < -0.39 is 44.9 Å². The van der Waals surface area contributed by atoms with Gasteiger partial charge in [0, 0.05) is 22.8 Å². The smallest absolute Gasteiger partial charge is 0.338 e. The molecular weight excluding hydrogens is 314 g/mol. The van der Waals surface area contributed by atoms with Crippen LogP contribution in [-0.4, -0.2) is 67.6 Å². The van der Waals surface area contributed by atoms with E-state index in [2.05, 4.69) is 0 Å². The van der Waals surface area contributed by atoms with E-state index in [1.54, 1.807) is 0 Å². The van der Waals surface area contributed by atoms with E-state index in [-0.39, 0.29) is 32.5 Å². The zero-order valence-corrected chi connectivity index (χ0v) is 12.0. The summed E-state index contributed by atoms with van der Waals surface area (Å²) in [6, 6.07) is 0. The molecule has 1 saturated heterocycles. The number of aliphatic carboxylic acids is 2. The van der Waals surface area contributed by atoms with Crippen LogP contribution in [0.2, 0.25) is 0 Å². The molecule has 0 unspecified atom stereocenters. The van der Waals surface area contributed by atoms with Gasteiger partial charge in [0.05, 0.1) is 25.9 Å². The minimum Gasteiger partial charge on any atom is -0.481 e. The highest BCUT2D eigenvalue weighted by molar-refractivity contribution is 5.89. The molecule has 0 amide bonds. The second-order valence-electron chi connectivity index (χ2n) is 5.93. The van der Waals surface area contributed by atoms with Gasteiger partial charge in [0.1, 0.15) is 5.57 Å². The van der Waals surface area contributed by atoms with E-state index in [1.165, 1.54) is 4.90 Å². The summed E-state index contributed by atoms with van der Waals surface area (Å²) < 4.78 is 0. The molecule has 2 aliphatic rings. The van der Waals surface area contributed by atoms with Crippen molar-refractivity contribution in [1.29, 1.82) is 0 Å². The molecule has 0 aromatic carbocycles. The highest BCUT2D eigenvalue weighted by Gasteiger charge is 2.66. The Morgan fingerprint density at radius 3 is 2.35 bits per heavy atom. The lowest BCUT2D eigenvalue weighted by Gasteiger charge is -2.45. The average molecular weight is 329 g/mol. The van der Waals surface area contributed by atoms with Gasteiger partial charge in [0.25, 0.3) is 5.54 Å². The summed E-state index contributed by atoms with van der Waals surface area (Å²) in [5.74, 6) is -2.63. The molecule has 11 heteroatoms. The molecule has 2 atom stereocenters. The number of piperidine rings is 1. The number of carboxylic acids is 2. The number of fused-ring (bicyclic) bond motifs is 2. The van der Waals surface area contributed by atoms with Crippen molar-refractivity contribution < 1.29 is 29.6 Å². The lowest BCUT2D eigenvalue weighted by molar-refractivity contribution is -0.620. The number of carboxylic acid groups (broad SMARTS) is 2. The first-order valence-corrected chi connectivity index (χ1v) is 6.80. The molecule has 2 rings (SSSR count). The second-order valence-corrected chi connectivity index (χ2v) is 5.93. The van der Waals surface area contributed by atoms with Gasteiger partial charge in [-0.2, -0.15) is 0 Å². The minimum absolute atomic E-state index is 0.118. The fraction of sp³-hybridized carbons (Fsp3) is 0.667. The fourth-order valence-corrected chi connectivity index (χ4v) is 3.41. The SMILES string of the molecule is O=C(O)CCN1C[C@]2([N+](=O)[O-])CC=C(C(=O)O)[C@]([N+](=O)[O-])(C1)C2. The van der Waals surface area contributed by atoms with Gasteiger partial charge in [-0.05, 0) is 0 Å². The molecule has 0 aromatic heterocycles. The topological polar surface area (TPSA) is 164 Å². The Kier molecular flexibility index (Phi) is 4.07. The maximum absolute atomic E-state index is 11.6. The van der Waals surface area contributed by atoms with Crippen molar-refractivity contribution in [3.63, 3.8) is 0 Å². The molecule has 23 heavy (non-hydrogen) atoms. The Balaban J connectivity index is 2.47. The van der Waals surface area contributed by atoms with Crippen LogP contribution in [0.1, 0.15) is 19.3 Å². The average Bonchev–Trinajstić information content (AvgIpc) is 2.44. The molecule has 126 valence electrons. The zero-order valence-electron chi connectivity index (χ0n) is 12.0. The van der Waals surface area contributed by atoms with E-state index >= 15 is 0 Å². The van der Waals surface area contributed by atoms with Gasteiger partial charge in [-0.3, -0.25) is 29.9 Å². The Morgan fingerprint density at radius 2 is 1.87 bits per heavy atom. The number of hydrogen-bond donors (Lipinski definition) is 2. The minimum atomic E-state index is -2.10. The van der Waals surface area contributed by atoms with Gasteiger partial charge < -0.3 is 10.2 Å². The summed E-state index contributed by atoms with van der Waals surface area (Å²) in [4.78, 5) is 45.0. The van der Waals surface area contributed by atoms with E-state index in [0.717, 1.165) is 6.08 Å². The summed E-state index contributed by atoms with van der Waals surface area (Å²) in [6.45, 7) is -0.624. The Hall–Kier alpha value is -2.56. The van der Waals surface area contributed by atoms with Crippen molar-refractivity contribution in [2.45, 2.75) is 30.3 Å². The third-order valence-corrected chi connectivity index (χ3v) is 4.42. The number of nitrogens with zero attached hydrogens (tertiary/aromatic N) is 3. The third-order valence-electron chi connectivity index (χ3n) is 4.42. The van der Waals surface area contributed by atoms with E-state index in [9.17, 15) is 34.9 Å². The Bertz CT molecular complexity index is 617. The second kappa shape index (κ2) is 5.57. The molecule has 1 heterocycles. The fourth-order valence-electron chi connectivity index (χ4n) is 3.41. The first kappa shape index (κ1) is 16.8. The molecule has 2 bridgehead atoms. The van der Waals surface area contributed by atoms with Gasteiger partial charge in [-0.25, -0.2) is 4.79 Å². The van der Waals surface area contributed by atoms with Crippen molar-refractivity contribution in [1.82, 2.24) is 4.90 Å². The summed E-state index contributed by atoms with van der Waals surface area (Å²) in [5, 5.41) is 41.0. The molecule has 0 saturated carbocycles. The molecule has 11 nitrogen and oxygen atoms in total. The summed E-state index contributed by atoms with van der Waals surface area (Å²) >= 11 is 0. The van der Waals surface area contributed by atoms with Crippen LogP contribution in [0.15, 0.2) is 11.6 Å². The first-order valence-electron chi connectivity index (χ1n) is 6.80. The number of rotatable bonds is 6. The van der Waals surface area contributed by atoms with Crippen molar-refractivity contribution in [3.05, 3.63) is 31.9 Å². The van der Waals surface area contributed by atoms with Gasteiger partial charge >= 0.3 is 11.9 Å². The predicted molar refractivity (Wildman–Crippen MR) is 73.1 cm³/mol. The molecule has 1 aliphatic carbocycles. The Morgan fingerprint density at radius 1 is 1.22 bits per heavy atom. The lowest BCUT2D eigenvalue weighted by Crippen LogP contribution is -2.68. The van der Waals surface area contributed by atoms with Gasteiger partial charge in [-0.1, -0.05) is 6.08 Å². The van der Waals surface area contributed by atoms with Crippen molar-refractivity contribution in [2.24, 2.45) is 0 Å². The molecular formula is C12H15N3O8. The number of likely N-dealkylation sites (tertiary alicyclic amines) is 1. The number of carbonyl (C=O) groups is 2. The summed E-state index contributed by atoms with van der Waals surface area (Å²) in [7, 11) is 0. The highest BCUT2D eigenvalue weighted by Crippen LogP contribution is 2.44. The zero-order chi connectivity index (χ0) is 17.4. The maximum Gasteiger partial charge on any atom is 0.338 e. The molecule has 2 N–H and O–H groups in total. The van der Waals surface area contributed by atoms with Crippen LogP contribution in [0.5, 0.6) is 0 Å². The molecule has 0 radical (unpaired) electrons. The van der Waals surface area contributed by atoms with E-state index in [4.69, 9.17) is 5.11 Å². The van der Waals surface area contributed by atoms with Gasteiger partial charge in [0.2, 0.25) is 5.54 Å². The quantitative estimate of drug-likeness (QED) is 0.487. The standard InChI is InChI=1S/C12H15N3O8/c16-9(17)2-4-13-6-11(14(20)21)3-1-8(10(18)19)12(5-11,7-13)15(22)23/h1H,2-7H2,(H,16,17)(H,18,19)/t11-,12+/m0/s1. The van der Waals surface area contributed by atoms with Crippen molar-refractivity contribution in [2.75, 3.05) is 19.6 Å². The van der Waals surface area contributed by atoms with Gasteiger partial charge in [0.15, 0.2) is 0 Å². The van der Waals surface area contributed by atoms with Crippen LogP contribution in [0.25, 0.3) is 0 Å². The molecule has 1 aliphatic heterocycles. The largest absolute Gasteiger partial charge is 0.481 e. The Labute approximate surface area is 129 Å². The first-order chi connectivity index (χ1) is 10.6. The third kappa shape index (κ3) is 2.74. The van der Waals surface area contributed by atoms with Crippen LogP contribution in [0.4, 0.5) is 0 Å². The van der Waals surface area contributed by atoms with Crippen LogP contribution in [0, 0.1) is 20.2 Å². The van der Waals surface area contributed by atoms with E-state index in [1.807, 2.05) is 0 Å². The normalized spacial score (nSPS) is 30.3. The summed E-state index contributed by atoms with van der Waals surface area (Å²) in [5.41, 5.74) is -4.25. The van der Waals surface area contributed by atoms with Crippen molar-refractivity contribution in [3.8, 4) is 0 Å². The number of hydrogen-bond acceptors (Lipinski definition) is 7. The molecule has 1 fully saturated rings. The van der Waals surface area contributed by atoms with Crippen LogP contribution in [-0.2, 0) is 9.59 Å². The lowest BCUT2D eigenvalue weighted by atomic mass is 9.68. The summed E-state index contributed by atoms with van der Waals surface area (Å²) in [6.07, 6.45) is -0.0256. The number of nitro groups is 2. The van der Waals surface area contributed by atoms with Crippen LogP contribution < -0.4 is 0 Å². The van der Waals surface area contributed by atoms with Crippen LogP contribution >= 0.6 is 0 Å². The van der Waals surface area contributed by atoms with Gasteiger partial charge in [-0.15, -0.1) is 0 Å². The molecule has 0 aromatic rings. The van der Waals surface area contributed by atoms with E-state index in [0.29, 0.717) is 0 Å². The maximum atomic E-state index is 11.6. The van der Waals surface area contributed by atoms with Crippen LogP contribution in [0.3, 0.4) is 0 Å². The molecule has 0 spiro atoms.